The average Bonchev–Trinajstić information content (AvgIpc) is 2.59. The molecule has 0 radical (unpaired) electrons. The molecule has 0 aliphatic carbocycles. The normalized spacial score (nSPS) is 21.5. The molecule has 1 heterocycles. The third-order valence-electron chi connectivity index (χ3n) is 2.59. The minimum absolute atomic E-state index is 0.142. The number of halogens is 1. The van der Waals surface area contributed by atoms with Crippen LogP contribution in [0.2, 0.25) is 15.5 Å². The van der Waals surface area contributed by atoms with Gasteiger partial charge in [0.15, 0.2) is 0 Å². The SMILES string of the molecule is CCCCC(CBr)[Se+]1CCCC1. The summed E-state index contributed by atoms with van der Waals surface area (Å²) in [6, 6.07) is 0. The van der Waals surface area contributed by atoms with Gasteiger partial charge in [-0.15, -0.1) is 0 Å². The van der Waals surface area contributed by atoms with Crippen molar-refractivity contribution in [2.75, 3.05) is 5.33 Å². The third-order valence-corrected chi connectivity index (χ3v) is 10.6. The van der Waals surface area contributed by atoms with Gasteiger partial charge in [-0.2, -0.15) is 0 Å². The first-order valence-electron chi connectivity index (χ1n) is 5.10. The van der Waals surface area contributed by atoms with E-state index in [2.05, 4.69) is 22.9 Å². The zero-order chi connectivity index (χ0) is 8.81. The fourth-order valence-electron chi connectivity index (χ4n) is 1.78. The van der Waals surface area contributed by atoms with Crippen molar-refractivity contribution in [2.45, 2.75) is 54.5 Å². The first-order valence-corrected chi connectivity index (χ1v) is 9.64. The van der Waals surface area contributed by atoms with Crippen molar-refractivity contribution in [1.29, 1.82) is 0 Å². The van der Waals surface area contributed by atoms with Gasteiger partial charge in [-0.25, -0.2) is 0 Å². The zero-order valence-electron chi connectivity index (χ0n) is 8.02. The Kier molecular flexibility index (Phi) is 5.96. The third kappa shape index (κ3) is 3.39. The summed E-state index contributed by atoms with van der Waals surface area (Å²) in [6.45, 7) is 2.31. The van der Waals surface area contributed by atoms with E-state index in [9.17, 15) is 0 Å². The molecule has 0 aromatic rings. The molecule has 1 rings (SSSR count). The number of rotatable bonds is 5. The molecule has 1 saturated heterocycles. The van der Waals surface area contributed by atoms with Crippen molar-refractivity contribution < 1.29 is 0 Å². The number of hydrogen-bond acceptors (Lipinski definition) is 0. The van der Waals surface area contributed by atoms with Crippen LogP contribution in [0.5, 0.6) is 0 Å². The molecule has 1 fully saturated rings. The van der Waals surface area contributed by atoms with E-state index in [1.807, 2.05) is 0 Å². The molecule has 0 N–H and O–H groups in total. The van der Waals surface area contributed by atoms with Crippen LogP contribution in [0.4, 0.5) is 0 Å². The van der Waals surface area contributed by atoms with E-state index >= 15 is 0 Å². The van der Waals surface area contributed by atoms with Crippen LogP contribution in [0.3, 0.4) is 0 Å². The van der Waals surface area contributed by atoms with E-state index in [-0.39, 0.29) is 13.9 Å². The Morgan fingerprint density at radius 2 is 2.00 bits per heavy atom. The van der Waals surface area contributed by atoms with Crippen LogP contribution in [0.15, 0.2) is 0 Å². The van der Waals surface area contributed by atoms with Gasteiger partial charge >= 0.3 is 89.6 Å². The van der Waals surface area contributed by atoms with E-state index in [1.165, 1.54) is 24.6 Å². The van der Waals surface area contributed by atoms with Gasteiger partial charge in [0.25, 0.3) is 0 Å². The summed E-state index contributed by atoms with van der Waals surface area (Å²) in [6.07, 6.45) is 7.42. The van der Waals surface area contributed by atoms with Crippen molar-refractivity contribution in [3.63, 3.8) is 0 Å². The maximum absolute atomic E-state index is 3.69. The van der Waals surface area contributed by atoms with Crippen LogP contribution in [-0.2, 0) is 0 Å². The molecule has 0 nitrogen and oxygen atoms in total. The van der Waals surface area contributed by atoms with Crippen LogP contribution in [0.1, 0.15) is 39.0 Å². The molecule has 1 unspecified atom stereocenters. The fraction of sp³-hybridized carbons (Fsp3) is 1.00. The number of unbranched alkanes of at least 4 members (excludes halogenated alkanes) is 1. The Balaban J connectivity index is 2.22. The summed E-state index contributed by atoms with van der Waals surface area (Å²) in [5.41, 5.74) is 0. The van der Waals surface area contributed by atoms with Gasteiger partial charge in [0.05, 0.1) is 0 Å². The summed E-state index contributed by atoms with van der Waals surface area (Å²) in [4.78, 5) is 1.10. The molecule has 1 atom stereocenters. The van der Waals surface area contributed by atoms with Gasteiger partial charge in [0.1, 0.15) is 0 Å². The van der Waals surface area contributed by atoms with Crippen molar-refractivity contribution >= 4 is 29.8 Å². The van der Waals surface area contributed by atoms with Crippen LogP contribution >= 0.6 is 15.9 Å². The molecule has 72 valence electrons. The molecule has 0 aromatic carbocycles. The Labute approximate surface area is 89.5 Å². The van der Waals surface area contributed by atoms with Crippen molar-refractivity contribution in [3.05, 3.63) is 0 Å². The average molecular weight is 299 g/mol. The van der Waals surface area contributed by atoms with Gasteiger partial charge in [0.2, 0.25) is 0 Å². The maximum atomic E-state index is 3.69. The van der Waals surface area contributed by atoms with Gasteiger partial charge in [0, 0.05) is 0 Å². The number of alkyl halides is 1. The summed E-state index contributed by atoms with van der Waals surface area (Å²) in [7, 11) is 0. The van der Waals surface area contributed by atoms with Gasteiger partial charge in [-0.05, 0) is 0 Å². The predicted octanol–water partition coefficient (Wildman–Crippen LogP) is 4.23. The van der Waals surface area contributed by atoms with Crippen molar-refractivity contribution in [3.8, 4) is 0 Å². The molecule has 0 spiro atoms. The molecule has 0 saturated carbocycles. The monoisotopic (exact) mass is 299 g/mol. The number of hydrogen-bond donors (Lipinski definition) is 0. The van der Waals surface area contributed by atoms with Crippen LogP contribution < -0.4 is 0 Å². The fourth-order valence-corrected chi connectivity index (χ4v) is 9.70. The standard InChI is InChI=1S/C10H20BrSe/c1-2-3-6-10(9-11)12-7-4-5-8-12/h10H,2-9H2,1H3/q+1. The van der Waals surface area contributed by atoms with Crippen LogP contribution in [0, 0.1) is 0 Å². The van der Waals surface area contributed by atoms with Gasteiger partial charge in [-0.3, -0.25) is 0 Å². The Morgan fingerprint density at radius 3 is 2.50 bits per heavy atom. The summed E-state index contributed by atoms with van der Waals surface area (Å²) in [5, 5.41) is 4.54. The van der Waals surface area contributed by atoms with E-state index < -0.39 is 0 Å². The zero-order valence-corrected chi connectivity index (χ0v) is 11.3. The summed E-state index contributed by atoms with van der Waals surface area (Å²) < 4.78 is 0. The van der Waals surface area contributed by atoms with Crippen molar-refractivity contribution in [1.82, 2.24) is 0 Å². The molecule has 1 aliphatic rings. The topological polar surface area (TPSA) is 0 Å². The van der Waals surface area contributed by atoms with Gasteiger partial charge < -0.3 is 0 Å². The first-order chi connectivity index (χ1) is 5.88. The quantitative estimate of drug-likeness (QED) is 0.526. The molecule has 0 amide bonds. The van der Waals surface area contributed by atoms with Crippen LogP contribution in [-0.4, -0.2) is 19.2 Å². The first kappa shape index (κ1) is 11.1. The Bertz CT molecular complexity index is 110. The molecule has 12 heavy (non-hydrogen) atoms. The van der Waals surface area contributed by atoms with E-state index in [0.717, 1.165) is 4.82 Å². The van der Waals surface area contributed by atoms with E-state index in [4.69, 9.17) is 0 Å². The second kappa shape index (κ2) is 6.45. The molecule has 0 bridgehead atoms. The second-order valence-corrected chi connectivity index (χ2v) is 9.59. The van der Waals surface area contributed by atoms with Crippen molar-refractivity contribution in [2.24, 2.45) is 0 Å². The molecule has 1 aliphatic heterocycles. The Morgan fingerprint density at radius 1 is 1.33 bits per heavy atom. The molecular formula is C10H20BrSe+. The van der Waals surface area contributed by atoms with Gasteiger partial charge in [-0.1, -0.05) is 0 Å². The Hall–Kier alpha value is 0.999. The van der Waals surface area contributed by atoms with Crippen LogP contribution in [0.25, 0.3) is 0 Å². The molecular weight excluding hydrogens is 279 g/mol. The minimum atomic E-state index is -0.142. The van der Waals surface area contributed by atoms with E-state index in [0.29, 0.717) is 0 Å². The summed E-state index contributed by atoms with van der Waals surface area (Å²) >= 11 is 3.55. The second-order valence-electron chi connectivity index (χ2n) is 3.57. The van der Waals surface area contributed by atoms with E-state index in [1.54, 1.807) is 23.5 Å². The molecule has 0 aromatic heterocycles. The predicted molar refractivity (Wildman–Crippen MR) is 61.7 cm³/mol. The summed E-state index contributed by atoms with van der Waals surface area (Å²) in [5.74, 6) is 0. The molecule has 2 heteroatoms.